The van der Waals surface area contributed by atoms with Gasteiger partial charge in [0.05, 0.1) is 7.11 Å². The van der Waals surface area contributed by atoms with Gasteiger partial charge in [0.15, 0.2) is 6.61 Å². The van der Waals surface area contributed by atoms with Crippen LogP contribution < -0.4 is 14.8 Å². The lowest BCUT2D eigenvalue weighted by Gasteiger charge is -2.12. The summed E-state index contributed by atoms with van der Waals surface area (Å²) < 4.78 is 10.9. The molecular weight excluding hydrogens is 390 g/mol. The van der Waals surface area contributed by atoms with E-state index in [1.54, 1.807) is 25.3 Å². The fourth-order valence-corrected chi connectivity index (χ4v) is 3.41. The van der Waals surface area contributed by atoms with Crippen LogP contribution in [0.1, 0.15) is 11.1 Å². The second-order valence-electron chi connectivity index (χ2n) is 7.29. The molecule has 6 heteroatoms. The number of benzene rings is 3. The van der Waals surface area contributed by atoms with E-state index in [0.29, 0.717) is 17.3 Å². The maximum absolute atomic E-state index is 12.4. The number of carbonyl (C=O) groups is 1. The van der Waals surface area contributed by atoms with Crippen molar-refractivity contribution in [2.24, 2.45) is 0 Å². The van der Waals surface area contributed by atoms with Crippen molar-refractivity contribution in [2.75, 3.05) is 19.0 Å². The molecule has 4 aromatic rings. The number of fused-ring (bicyclic) bond motifs is 1. The number of anilines is 1. The second kappa shape index (κ2) is 8.83. The Bertz CT molecular complexity index is 1250. The van der Waals surface area contributed by atoms with Gasteiger partial charge in [-0.05, 0) is 43.7 Å². The first-order valence-corrected chi connectivity index (χ1v) is 9.95. The minimum Gasteiger partial charge on any atom is -0.497 e. The molecule has 0 fully saturated rings. The molecular formula is C25H23N3O3. The maximum Gasteiger partial charge on any atom is 0.262 e. The van der Waals surface area contributed by atoms with E-state index in [1.165, 1.54) is 0 Å². The Balaban J connectivity index is 1.58. The molecule has 0 bridgehead atoms. The van der Waals surface area contributed by atoms with Gasteiger partial charge >= 0.3 is 0 Å². The summed E-state index contributed by atoms with van der Waals surface area (Å²) in [5, 5.41) is 13.3. The van der Waals surface area contributed by atoms with Gasteiger partial charge in [0, 0.05) is 28.1 Å². The zero-order valence-electron chi connectivity index (χ0n) is 17.7. The highest BCUT2D eigenvalue weighted by Gasteiger charge is 2.15. The van der Waals surface area contributed by atoms with Gasteiger partial charge in [-0.2, -0.15) is 0 Å². The van der Waals surface area contributed by atoms with E-state index in [0.717, 1.165) is 33.2 Å². The third-order valence-electron chi connectivity index (χ3n) is 5.00. The van der Waals surface area contributed by atoms with Crippen molar-refractivity contribution in [3.05, 3.63) is 77.9 Å². The van der Waals surface area contributed by atoms with E-state index < -0.39 is 0 Å². The smallest absolute Gasteiger partial charge is 0.262 e. The zero-order valence-corrected chi connectivity index (χ0v) is 17.7. The molecule has 0 saturated heterocycles. The molecule has 1 amide bonds. The molecule has 6 nitrogen and oxygen atoms in total. The zero-order chi connectivity index (χ0) is 21.8. The van der Waals surface area contributed by atoms with Gasteiger partial charge in [-0.1, -0.05) is 42.0 Å². The van der Waals surface area contributed by atoms with Crippen LogP contribution in [0.15, 0.2) is 66.7 Å². The second-order valence-corrected chi connectivity index (χ2v) is 7.29. The number of aryl methyl sites for hydroxylation is 2. The predicted octanol–water partition coefficient (Wildman–Crippen LogP) is 4.94. The summed E-state index contributed by atoms with van der Waals surface area (Å²) in [7, 11) is 1.58. The van der Waals surface area contributed by atoms with Crippen molar-refractivity contribution in [2.45, 2.75) is 13.8 Å². The summed E-state index contributed by atoms with van der Waals surface area (Å²) in [5.41, 5.74) is 4.74. The lowest BCUT2D eigenvalue weighted by molar-refractivity contribution is -0.118. The summed E-state index contributed by atoms with van der Waals surface area (Å²) in [6, 6.07) is 21.2. The SMILES string of the molecule is COc1cccc(NC(=O)COc2nnc(-c3cc(C)ccc3C)c3ccccc23)c1. The molecule has 0 aliphatic carbocycles. The average molecular weight is 413 g/mol. The monoisotopic (exact) mass is 413 g/mol. The van der Waals surface area contributed by atoms with Crippen LogP contribution in [0.3, 0.4) is 0 Å². The van der Waals surface area contributed by atoms with Crippen molar-refractivity contribution in [1.29, 1.82) is 0 Å². The molecule has 0 saturated carbocycles. The van der Waals surface area contributed by atoms with Crippen LogP contribution in [0.5, 0.6) is 11.6 Å². The Labute approximate surface area is 180 Å². The summed E-state index contributed by atoms with van der Waals surface area (Å²) in [4.78, 5) is 12.4. The molecule has 1 N–H and O–H groups in total. The van der Waals surface area contributed by atoms with Gasteiger partial charge in [-0.25, -0.2) is 0 Å². The predicted molar refractivity (Wildman–Crippen MR) is 122 cm³/mol. The van der Waals surface area contributed by atoms with Crippen LogP contribution in [0.25, 0.3) is 22.0 Å². The van der Waals surface area contributed by atoms with Crippen LogP contribution in [0.4, 0.5) is 5.69 Å². The number of carbonyl (C=O) groups excluding carboxylic acids is 1. The quantitative estimate of drug-likeness (QED) is 0.485. The Morgan fingerprint density at radius 1 is 0.935 bits per heavy atom. The van der Waals surface area contributed by atoms with Crippen LogP contribution in [0.2, 0.25) is 0 Å². The number of aromatic nitrogens is 2. The molecule has 3 aromatic carbocycles. The third-order valence-corrected chi connectivity index (χ3v) is 5.00. The van der Waals surface area contributed by atoms with E-state index in [-0.39, 0.29) is 12.5 Å². The Morgan fingerprint density at radius 2 is 1.74 bits per heavy atom. The molecule has 31 heavy (non-hydrogen) atoms. The molecule has 156 valence electrons. The third kappa shape index (κ3) is 4.48. The molecule has 0 radical (unpaired) electrons. The molecule has 4 rings (SSSR count). The number of nitrogens with zero attached hydrogens (tertiary/aromatic N) is 2. The largest absolute Gasteiger partial charge is 0.497 e. The number of rotatable bonds is 6. The maximum atomic E-state index is 12.4. The average Bonchev–Trinajstić information content (AvgIpc) is 2.79. The van der Waals surface area contributed by atoms with Crippen molar-refractivity contribution in [1.82, 2.24) is 10.2 Å². The minimum absolute atomic E-state index is 0.182. The van der Waals surface area contributed by atoms with Crippen LogP contribution in [0, 0.1) is 13.8 Å². The topological polar surface area (TPSA) is 73.3 Å². The molecule has 0 aliphatic rings. The first-order valence-electron chi connectivity index (χ1n) is 9.95. The van der Waals surface area contributed by atoms with Gasteiger partial charge in [-0.15, -0.1) is 10.2 Å². The Kier molecular flexibility index (Phi) is 5.80. The number of hydrogen-bond acceptors (Lipinski definition) is 5. The summed E-state index contributed by atoms with van der Waals surface area (Å²) in [6.45, 7) is 3.92. The fourth-order valence-electron chi connectivity index (χ4n) is 3.41. The summed E-state index contributed by atoms with van der Waals surface area (Å²) >= 11 is 0. The minimum atomic E-state index is -0.294. The van der Waals surface area contributed by atoms with Gasteiger partial charge in [0.1, 0.15) is 11.4 Å². The molecule has 0 spiro atoms. The van der Waals surface area contributed by atoms with Gasteiger partial charge in [-0.3, -0.25) is 4.79 Å². The molecule has 0 unspecified atom stereocenters. The lowest BCUT2D eigenvalue weighted by Crippen LogP contribution is -2.20. The van der Waals surface area contributed by atoms with Crippen molar-refractivity contribution < 1.29 is 14.3 Å². The van der Waals surface area contributed by atoms with E-state index in [2.05, 4.69) is 47.6 Å². The van der Waals surface area contributed by atoms with E-state index in [1.807, 2.05) is 30.3 Å². The highest BCUT2D eigenvalue weighted by Crippen LogP contribution is 2.32. The van der Waals surface area contributed by atoms with Gasteiger partial charge < -0.3 is 14.8 Å². The number of ether oxygens (including phenoxy) is 2. The molecule has 1 aromatic heterocycles. The van der Waals surface area contributed by atoms with Crippen molar-refractivity contribution >= 4 is 22.4 Å². The normalized spacial score (nSPS) is 10.7. The highest BCUT2D eigenvalue weighted by molar-refractivity contribution is 5.98. The van der Waals surface area contributed by atoms with Crippen LogP contribution >= 0.6 is 0 Å². The van der Waals surface area contributed by atoms with E-state index in [4.69, 9.17) is 9.47 Å². The fraction of sp³-hybridized carbons (Fsp3) is 0.160. The number of amides is 1. The summed E-state index contributed by atoms with van der Waals surface area (Å²) in [5.74, 6) is 0.695. The first-order chi connectivity index (χ1) is 15.0. The van der Waals surface area contributed by atoms with Crippen LogP contribution in [-0.4, -0.2) is 29.8 Å². The molecule has 1 heterocycles. The summed E-state index contributed by atoms with van der Waals surface area (Å²) in [6.07, 6.45) is 0. The lowest BCUT2D eigenvalue weighted by atomic mass is 9.99. The number of methoxy groups -OCH3 is 1. The Morgan fingerprint density at radius 3 is 2.55 bits per heavy atom. The van der Waals surface area contributed by atoms with Crippen molar-refractivity contribution in [3.8, 4) is 22.9 Å². The first kappa shape index (κ1) is 20.3. The van der Waals surface area contributed by atoms with Crippen LogP contribution in [-0.2, 0) is 4.79 Å². The molecule has 0 aliphatic heterocycles. The number of hydrogen-bond donors (Lipinski definition) is 1. The van der Waals surface area contributed by atoms with E-state index >= 15 is 0 Å². The van der Waals surface area contributed by atoms with Gasteiger partial charge in [0.25, 0.3) is 5.91 Å². The van der Waals surface area contributed by atoms with Crippen molar-refractivity contribution in [3.63, 3.8) is 0 Å². The Hall–Kier alpha value is -3.93. The van der Waals surface area contributed by atoms with E-state index in [9.17, 15) is 4.79 Å². The van der Waals surface area contributed by atoms with Gasteiger partial charge in [0.2, 0.25) is 5.88 Å². The molecule has 0 atom stereocenters. The number of nitrogens with one attached hydrogen (secondary N) is 1. The highest BCUT2D eigenvalue weighted by atomic mass is 16.5. The standard InChI is InChI=1S/C25H23N3O3/c1-16-11-12-17(2)22(13-16)24-20-9-4-5-10-21(20)25(28-27-24)31-15-23(29)26-18-7-6-8-19(14-18)30-3/h4-14H,15H2,1-3H3,(H,26,29).